The molecule has 0 aromatic heterocycles. The van der Waals surface area contributed by atoms with Crippen LogP contribution in [0.15, 0.2) is 42.5 Å². The molecule has 3 heteroatoms. The van der Waals surface area contributed by atoms with Gasteiger partial charge in [0.1, 0.15) is 12.4 Å². The highest BCUT2D eigenvalue weighted by molar-refractivity contribution is 5.90. The van der Waals surface area contributed by atoms with Crippen LogP contribution in [0.4, 0.5) is 0 Å². The van der Waals surface area contributed by atoms with E-state index >= 15 is 0 Å². The molecule has 0 aliphatic rings. The van der Waals surface area contributed by atoms with Crippen LogP contribution in [0.1, 0.15) is 6.92 Å². The fourth-order valence-corrected chi connectivity index (χ4v) is 1.62. The van der Waals surface area contributed by atoms with Gasteiger partial charge in [0.2, 0.25) is 0 Å². The van der Waals surface area contributed by atoms with Gasteiger partial charge in [-0.15, -0.1) is 0 Å². The third-order valence-corrected chi connectivity index (χ3v) is 2.40. The van der Waals surface area contributed by atoms with Crippen molar-refractivity contribution in [3.63, 3.8) is 0 Å². The predicted molar refractivity (Wildman–Crippen MR) is 66.1 cm³/mol. The van der Waals surface area contributed by atoms with Gasteiger partial charge in [-0.2, -0.15) is 0 Å². The summed E-state index contributed by atoms with van der Waals surface area (Å²) in [5.41, 5.74) is 0. The summed E-state index contributed by atoms with van der Waals surface area (Å²) in [6, 6.07) is 13.4. The van der Waals surface area contributed by atoms with Crippen molar-refractivity contribution in [1.29, 1.82) is 0 Å². The Morgan fingerprint density at radius 2 is 1.88 bits per heavy atom. The molecule has 0 unspecified atom stereocenters. The second-order valence-corrected chi connectivity index (χ2v) is 3.59. The van der Waals surface area contributed by atoms with Crippen molar-refractivity contribution in [3.8, 4) is 5.75 Å². The number of carbonyl (C=O) groups is 1. The molecule has 88 valence electrons. The molecule has 0 N–H and O–H groups in total. The van der Waals surface area contributed by atoms with E-state index < -0.39 is 0 Å². The quantitative estimate of drug-likeness (QED) is 0.598. The maximum Gasteiger partial charge on any atom is 0.337 e. The van der Waals surface area contributed by atoms with E-state index in [2.05, 4.69) is 0 Å². The molecule has 0 spiro atoms. The first-order chi connectivity index (χ1) is 8.31. The predicted octanol–water partition coefficient (Wildman–Crippen LogP) is 2.78. The topological polar surface area (TPSA) is 35.5 Å². The smallest absolute Gasteiger partial charge is 0.337 e. The highest BCUT2D eigenvalue weighted by Gasteiger charge is 2.07. The summed E-state index contributed by atoms with van der Waals surface area (Å²) >= 11 is 0. The first-order valence-corrected chi connectivity index (χ1v) is 5.57. The zero-order valence-corrected chi connectivity index (χ0v) is 9.68. The first-order valence-electron chi connectivity index (χ1n) is 5.57. The van der Waals surface area contributed by atoms with Crippen LogP contribution in [-0.4, -0.2) is 19.2 Å². The van der Waals surface area contributed by atoms with Gasteiger partial charge in [0, 0.05) is 12.0 Å². The molecule has 0 aliphatic carbocycles. The molecule has 2 rings (SSSR count). The molecule has 0 bridgehead atoms. The lowest BCUT2D eigenvalue weighted by Gasteiger charge is -2.07. The number of benzene rings is 2. The molecule has 17 heavy (non-hydrogen) atoms. The molecule has 0 atom stereocenters. The lowest BCUT2D eigenvalue weighted by atomic mass is 10.1. The van der Waals surface area contributed by atoms with Crippen LogP contribution in [0.25, 0.3) is 10.8 Å². The van der Waals surface area contributed by atoms with Crippen LogP contribution in [0.5, 0.6) is 5.75 Å². The third-order valence-electron chi connectivity index (χ3n) is 2.40. The molecule has 0 fully saturated rings. The highest BCUT2D eigenvalue weighted by Crippen LogP contribution is 2.25. The molecule has 0 radical (unpaired) electrons. The summed E-state index contributed by atoms with van der Waals surface area (Å²) in [5, 5.41) is 1.98. The Bertz CT molecular complexity index is 514. The number of esters is 1. The minimum Gasteiger partial charge on any atom is -0.424 e. The van der Waals surface area contributed by atoms with E-state index in [0.717, 1.165) is 10.8 Å². The van der Waals surface area contributed by atoms with Gasteiger partial charge in [-0.1, -0.05) is 36.4 Å². The standard InChI is InChI=1S/C14H14O3/c1-2-16-10-14(15)17-13-9-5-7-11-6-3-4-8-12(11)13/h3-9H,2,10H2,1H3. The Kier molecular flexibility index (Phi) is 3.73. The van der Waals surface area contributed by atoms with Gasteiger partial charge in [0.05, 0.1) is 0 Å². The molecule has 2 aromatic carbocycles. The van der Waals surface area contributed by atoms with Crippen molar-refractivity contribution in [1.82, 2.24) is 0 Å². The molecule has 0 saturated heterocycles. The Morgan fingerprint density at radius 1 is 1.12 bits per heavy atom. The van der Waals surface area contributed by atoms with Crippen molar-refractivity contribution < 1.29 is 14.3 Å². The monoisotopic (exact) mass is 230 g/mol. The van der Waals surface area contributed by atoms with Crippen molar-refractivity contribution in [2.45, 2.75) is 6.92 Å². The summed E-state index contributed by atoms with van der Waals surface area (Å²) in [5.74, 6) is 0.205. The molecule has 0 amide bonds. The van der Waals surface area contributed by atoms with Crippen LogP contribution in [-0.2, 0) is 9.53 Å². The Hall–Kier alpha value is -1.87. The maximum absolute atomic E-state index is 11.5. The number of ether oxygens (including phenoxy) is 2. The van der Waals surface area contributed by atoms with E-state index in [-0.39, 0.29) is 12.6 Å². The Balaban J connectivity index is 2.21. The van der Waals surface area contributed by atoms with Crippen LogP contribution in [0.3, 0.4) is 0 Å². The van der Waals surface area contributed by atoms with Gasteiger partial charge in [0.25, 0.3) is 0 Å². The Morgan fingerprint density at radius 3 is 2.71 bits per heavy atom. The van der Waals surface area contributed by atoms with Crippen LogP contribution >= 0.6 is 0 Å². The molecule has 3 nitrogen and oxygen atoms in total. The van der Waals surface area contributed by atoms with E-state index in [0.29, 0.717) is 12.4 Å². The normalized spacial score (nSPS) is 10.4. The second-order valence-electron chi connectivity index (χ2n) is 3.59. The van der Waals surface area contributed by atoms with E-state index in [1.54, 1.807) is 6.07 Å². The van der Waals surface area contributed by atoms with Gasteiger partial charge in [-0.3, -0.25) is 0 Å². The summed E-state index contributed by atoms with van der Waals surface area (Å²) in [6.45, 7) is 2.33. The summed E-state index contributed by atoms with van der Waals surface area (Å²) in [6.07, 6.45) is 0. The average molecular weight is 230 g/mol. The second kappa shape index (κ2) is 5.46. The van der Waals surface area contributed by atoms with E-state index in [1.807, 2.05) is 43.3 Å². The molecular weight excluding hydrogens is 216 g/mol. The van der Waals surface area contributed by atoms with Crippen LogP contribution < -0.4 is 4.74 Å². The molecule has 0 heterocycles. The third kappa shape index (κ3) is 2.82. The molecule has 2 aromatic rings. The molecule has 0 aliphatic heterocycles. The van der Waals surface area contributed by atoms with E-state index in [1.165, 1.54) is 0 Å². The average Bonchev–Trinajstić information content (AvgIpc) is 2.37. The summed E-state index contributed by atoms with van der Waals surface area (Å²) < 4.78 is 10.3. The lowest BCUT2D eigenvalue weighted by molar-refractivity contribution is -0.139. The van der Waals surface area contributed by atoms with Crippen molar-refractivity contribution in [3.05, 3.63) is 42.5 Å². The fourth-order valence-electron chi connectivity index (χ4n) is 1.62. The van der Waals surface area contributed by atoms with Gasteiger partial charge in [-0.05, 0) is 18.4 Å². The van der Waals surface area contributed by atoms with Gasteiger partial charge < -0.3 is 9.47 Å². The lowest BCUT2D eigenvalue weighted by Crippen LogP contribution is -2.15. The number of fused-ring (bicyclic) bond motifs is 1. The minimum atomic E-state index is -0.372. The number of hydrogen-bond donors (Lipinski definition) is 0. The maximum atomic E-state index is 11.5. The molecule has 0 saturated carbocycles. The van der Waals surface area contributed by atoms with Crippen molar-refractivity contribution >= 4 is 16.7 Å². The number of carbonyl (C=O) groups excluding carboxylic acids is 1. The zero-order chi connectivity index (χ0) is 12.1. The van der Waals surface area contributed by atoms with Gasteiger partial charge >= 0.3 is 5.97 Å². The first kappa shape index (κ1) is 11.6. The fraction of sp³-hybridized carbons (Fsp3) is 0.214. The minimum absolute atomic E-state index is 0.0142. The van der Waals surface area contributed by atoms with Gasteiger partial charge in [0.15, 0.2) is 0 Å². The Labute approximate surface area is 100.0 Å². The highest BCUT2D eigenvalue weighted by atomic mass is 16.6. The number of hydrogen-bond acceptors (Lipinski definition) is 3. The largest absolute Gasteiger partial charge is 0.424 e. The van der Waals surface area contributed by atoms with E-state index in [4.69, 9.17) is 9.47 Å². The van der Waals surface area contributed by atoms with E-state index in [9.17, 15) is 4.79 Å². The SMILES string of the molecule is CCOCC(=O)Oc1cccc2ccccc12. The van der Waals surface area contributed by atoms with Crippen LogP contribution in [0, 0.1) is 0 Å². The zero-order valence-electron chi connectivity index (χ0n) is 9.68. The van der Waals surface area contributed by atoms with Crippen molar-refractivity contribution in [2.75, 3.05) is 13.2 Å². The number of rotatable bonds is 4. The summed E-state index contributed by atoms with van der Waals surface area (Å²) in [7, 11) is 0. The molecular formula is C14H14O3. The van der Waals surface area contributed by atoms with Gasteiger partial charge in [-0.25, -0.2) is 4.79 Å². The summed E-state index contributed by atoms with van der Waals surface area (Å²) in [4.78, 5) is 11.5. The van der Waals surface area contributed by atoms with Crippen molar-refractivity contribution in [2.24, 2.45) is 0 Å². The van der Waals surface area contributed by atoms with Crippen LogP contribution in [0.2, 0.25) is 0 Å².